The number of hydrogen-bond acceptors (Lipinski definition) is 4. The number of sulfonamides is 1. The fourth-order valence-corrected chi connectivity index (χ4v) is 3.96. The standard InChI is InChI=1S/C17H27N3O3S/c1-4-19(5-2)16-10-8-15(9-11-16)18-17(21)14-7-6-12-20(13-14)24(3,22)23/h8-11,14H,4-7,12-13H2,1-3H3,(H,18,21). The van der Waals surface area contributed by atoms with Gasteiger partial charge in [0.15, 0.2) is 0 Å². The van der Waals surface area contributed by atoms with E-state index < -0.39 is 10.0 Å². The highest BCUT2D eigenvalue weighted by atomic mass is 32.2. The highest BCUT2D eigenvalue weighted by molar-refractivity contribution is 7.88. The average molecular weight is 353 g/mol. The third kappa shape index (κ3) is 4.70. The second kappa shape index (κ2) is 7.98. The molecule has 1 heterocycles. The Bertz CT molecular complexity index is 654. The highest BCUT2D eigenvalue weighted by Crippen LogP contribution is 2.22. The molecule has 1 N–H and O–H groups in total. The smallest absolute Gasteiger partial charge is 0.228 e. The lowest BCUT2D eigenvalue weighted by Gasteiger charge is -2.30. The summed E-state index contributed by atoms with van der Waals surface area (Å²) < 4.78 is 24.7. The van der Waals surface area contributed by atoms with E-state index in [1.807, 2.05) is 24.3 Å². The molecule has 0 bridgehead atoms. The van der Waals surface area contributed by atoms with Crippen molar-refractivity contribution >= 4 is 27.3 Å². The number of nitrogens with zero attached hydrogens (tertiary/aromatic N) is 2. The summed E-state index contributed by atoms with van der Waals surface area (Å²) in [6.07, 6.45) is 2.63. The predicted octanol–water partition coefficient (Wildman–Crippen LogP) is 2.14. The van der Waals surface area contributed by atoms with Gasteiger partial charge in [0, 0.05) is 37.6 Å². The molecule has 1 aliphatic rings. The Hall–Kier alpha value is -1.60. The minimum atomic E-state index is -3.24. The summed E-state index contributed by atoms with van der Waals surface area (Å²) in [6, 6.07) is 7.77. The van der Waals surface area contributed by atoms with Crippen LogP contribution in [0.2, 0.25) is 0 Å². The number of carbonyl (C=O) groups is 1. The molecule has 1 aromatic rings. The lowest BCUT2D eigenvalue weighted by molar-refractivity contribution is -0.120. The molecule has 1 aromatic carbocycles. The van der Waals surface area contributed by atoms with Crippen LogP contribution in [0.5, 0.6) is 0 Å². The van der Waals surface area contributed by atoms with Crippen molar-refractivity contribution in [1.29, 1.82) is 0 Å². The average Bonchev–Trinajstić information content (AvgIpc) is 2.57. The molecule has 1 fully saturated rings. The monoisotopic (exact) mass is 353 g/mol. The molecule has 0 saturated carbocycles. The van der Waals surface area contributed by atoms with Crippen molar-refractivity contribution in [3.05, 3.63) is 24.3 Å². The van der Waals surface area contributed by atoms with Crippen LogP contribution in [0.3, 0.4) is 0 Å². The summed E-state index contributed by atoms with van der Waals surface area (Å²) in [4.78, 5) is 14.7. The summed E-state index contributed by atoms with van der Waals surface area (Å²) in [7, 11) is -3.24. The lowest BCUT2D eigenvalue weighted by atomic mass is 9.98. The van der Waals surface area contributed by atoms with Gasteiger partial charge in [0.2, 0.25) is 15.9 Å². The van der Waals surface area contributed by atoms with Gasteiger partial charge in [-0.2, -0.15) is 0 Å². The number of rotatable bonds is 6. The summed E-state index contributed by atoms with van der Waals surface area (Å²) in [5.74, 6) is -0.408. The van der Waals surface area contributed by atoms with E-state index in [1.165, 1.54) is 10.6 Å². The molecule has 0 aliphatic carbocycles. The highest BCUT2D eigenvalue weighted by Gasteiger charge is 2.30. The quantitative estimate of drug-likeness (QED) is 0.851. The van der Waals surface area contributed by atoms with Crippen LogP contribution in [-0.4, -0.2) is 51.1 Å². The van der Waals surface area contributed by atoms with Gasteiger partial charge in [-0.05, 0) is 51.0 Å². The topological polar surface area (TPSA) is 69.7 Å². The number of amides is 1. The van der Waals surface area contributed by atoms with Gasteiger partial charge < -0.3 is 10.2 Å². The van der Waals surface area contributed by atoms with E-state index in [4.69, 9.17) is 0 Å². The van der Waals surface area contributed by atoms with E-state index in [-0.39, 0.29) is 18.4 Å². The fourth-order valence-electron chi connectivity index (χ4n) is 3.05. The number of benzene rings is 1. The lowest BCUT2D eigenvalue weighted by Crippen LogP contribution is -2.43. The van der Waals surface area contributed by atoms with Gasteiger partial charge in [0.25, 0.3) is 0 Å². The van der Waals surface area contributed by atoms with Crippen LogP contribution in [0, 0.1) is 5.92 Å². The molecule has 1 amide bonds. The minimum absolute atomic E-state index is 0.112. The molecule has 1 unspecified atom stereocenters. The van der Waals surface area contributed by atoms with E-state index >= 15 is 0 Å². The first-order valence-electron chi connectivity index (χ1n) is 8.46. The maximum atomic E-state index is 12.4. The zero-order valence-corrected chi connectivity index (χ0v) is 15.5. The summed E-state index contributed by atoms with van der Waals surface area (Å²) in [5, 5.41) is 2.91. The first-order valence-corrected chi connectivity index (χ1v) is 10.3. The van der Waals surface area contributed by atoms with Crippen LogP contribution < -0.4 is 10.2 Å². The Morgan fingerprint density at radius 2 is 1.88 bits per heavy atom. The number of piperidine rings is 1. The van der Waals surface area contributed by atoms with Crippen LogP contribution in [0.1, 0.15) is 26.7 Å². The molecule has 1 saturated heterocycles. The number of hydrogen-bond donors (Lipinski definition) is 1. The molecular weight excluding hydrogens is 326 g/mol. The Morgan fingerprint density at radius 3 is 2.42 bits per heavy atom. The van der Waals surface area contributed by atoms with E-state index in [0.29, 0.717) is 13.0 Å². The largest absolute Gasteiger partial charge is 0.372 e. The maximum absolute atomic E-state index is 12.4. The van der Waals surface area contributed by atoms with Gasteiger partial charge in [-0.15, -0.1) is 0 Å². The van der Waals surface area contributed by atoms with Crippen molar-refractivity contribution in [2.24, 2.45) is 5.92 Å². The summed E-state index contributed by atoms with van der Waals surface area (Å²) >= 11 is 0. The van der Waals surface area contributed by atoms with E-state index in [9.17, 15) is 13.2 Å². The van der Waals surface area contributed by atoms with E-state index in [0.717, 1.165) is 30.9 Å². The summed E-state index contributed by atoms with van der Waals surface area (Å²) in [6.45, 7) is 6.85. The molecule has 2 rings (SSSR count). The first kappa shape index (κ1) is 18.7. The predicted molar refractivity (Wildman–Crippen MR) is 97.8 cm³/mol. The maximum Gasteiger partial charge on any atom is 0.228 e. The Balaban J connectivity index is 1.99. The number of carbonyl (C=O) groups excluding carboxylic acids is 1. The van der Waals surface area contributed by atoms with E-state index in [1.54, 1.807) is 0 Å². The van der Waals surface area contributed by atoms with Crippen LogP contribution in [0.4, 0.5) is 11.4 Å². The Morgan fingerprint density at radius 1 is 1.25 bits per heavy atom. The van der Waals surface area contributed by atoms with Crippen molar-refractivity contribution < 1.29 is 13.2 Å². The molecule has 1 atom stereocenters. The van der Waals surface area contributed by atoms with Crippen LogP contribution in [-0.2, 0) is 14.8 Å². The zero-order valence-electron chi connectivity index (χ0n) is 14.7. The molecule has 0 aromatic heterocycles. The Kier molecular flexibility index (Phi) is 6.23. The number of anilines is 2. The fraction of sp³-hybridized carbons (Fsp3) is 0.588. The van der Waals surface area contributed by atoms with Crippen molar-refractivity contribution in [2.45, 2.75) is 26.7 Å². The molecular formula is C17H27N3O3S. The molecule has 134 valence electrons. The van der Waals surface area contributed by atoms with Gasteiger partial charge in [0.1, 0.15) is 0 Å². The van der Waals surface area contributed by atoms with Crippen molar-refractivity contribution in [2.75, 3.05) is 42.7 Å². The number of nitrogens with one attached hydrogen (secondary N) is 1. The van der Waals surface area contributed by atoms with Gasteiger partial charge in [-0.25, -0.2) is 12.7 Å². The third-order valence-corrected chi connectivity index (χ3v) is 5.76. The van der Waals surface area contributed by atoms with Gasteiger partial charge in [-0.1, -0.05) is 0 Å². The van der Waals surface area contributed by atoms with Crippen LogP contribution in [0.15, 0.2) is 24.3 Å². The van der Waals surface area contributed by atoms with Gasteiger partial charge >= 0.3 is 0 Å². The minimum Gasteiger partial charge on any atom is -0.372 e. The molecule has 6 nitrogen and oxygen atoms in total. The van der Waals surface area contributed by atoms with Gasteiger partial charge in [-0.3, -0.25) is 4.79 Å². The molecule has 1 aliphatic heterocycles. The molecule has 7 heteroatoms. The van der Waals surface area contributed by atoms with Crippen molar-refractivity contribution in [3.8, 4) is 0 Å². The molecule has 0 spiro atoms. The molecule has 24 heavy (non-hydrogen) atoms. The van der Waals surface area contributed by atoms with E-state index in [2.05, 4.69) is 24.1 Å². The van der Waals surface area contributed by atoms with Crippen LogP contribution >= 0.6 is 0 Å². The second-order valence-corrected chi connectivity index (χ2v) is 8.15. The molecule has 0 radical (unpaired) electrons. The van der Waals surface area contributed by atoms with Crippen molar-refractivity contribution in [1.82, 2.24) is 4.31 Å². The zero-order chi connectivity index (χ0) is 17.7. The van der Waals surface area contributed by atoms with Gasteiger partial charge in [0.05, 0.1) is 12.2 Å². The summed E-state index contributed by atoms with van der Waals surface area (Å²) in [5.41, 5.74) is 1.87. The van der Waals surface area contributed by atoms with Crippen LogP contribution in [0.25, 0.3) is 0 Å². The van der Waals surface area contributed by atoms with Crippen molar-refractivity contribution in [3.63, 3.8) is 0 Å². The SMILES string of the molecule is CCN(CC)c1ccc(NC(=O)C2CCCN(S(C)(=O)=O)C2)cc1. The normalized spacial score (nSPS) is 19.0. The first-order chi connectivity index (χ1) is 11.3. The third-order valence-electron chi connectivity index (χ3n) is 4.49. The second-order valence-electron chi connectivity index (χ2n) is 6.17. The Labute approximate surface area is 144 Å².